The Bertz CT molecular complexity index is 1230. The first-order valence-electron chi connectivity index (χ1n) is 12.0. The van der Waals surface area contributed by atoms with Crippen molar-refractivity contribution in [2.24, 2.45) is 0 Å². The summed E-state index contributed by atoms with van der Waals surface area (Å²) in [7, 11) is 3.19. The van der Waals surface area contributed by atoms with Crippen LogP contribution in [0.1, 0.15) is 39.5 Å². The SMILES string of the molecule is COc1cc(OC)c(-c2cn3ccc(NC4CC5CCC(C4)N5C(=O)OC(C)C)cc3n2)cc1Cl. The zero-order valence-corrected chi connectivity index (χ0v) is 21.2. The zero-order valence-electron chi connectivity index (χ0n) is 20.5. The molecule has 1 amide bonds. The van der Waals surface area contributed by atoms with Crippen molar-refractivity contribution in [1.82, 2.24) is 14.3 Å². The summed E-state index contributed by atoms with van der Waals surface area (Å²) in [5, 5.41) is 4.18. The van der Waals surface area contributed by atoms with Crippen LogP contribution in [0.4, 0.5) is 10.5 Å². The standard InChI is InChI=1S/C26H31ClN4O4/c1-15(2)35-26(32)31-18-5-6-19(31)10-17(9-18)28-16-7-8-30-14-22(29-25(30)11-16)20-12-21(27)24(34-4)13-23(20)33-3/h7-8,11-15,17-19,28H,5-6,9-10H2,1-4H3. The molecular weight excluding hydrogens is 468 g/mol. The molecule has 35 heavy (non-hydrogen) atoms. The molecule has 2 saturated heterocycles. The van der Waals surface area contributed by atoms with Gasteiger partial charge in [-0.1, -0.05) is 11.6 Å². The summed E-state index contributed by atoms with van der Waals surface area (Å²) in [5.41, 5.74) is 3.39. The summed E-state index contributed by atoms with van der Waals surface area (Å²) in [5.74, 6) is 1.20. The van der Waals surface area contributed by atoms with Gasteiger partial charge in [0.1, 0.15) is 17.1 Å². The smallest absolute Gasteiger partial charge is 0.410 e. The molecule has 0 spiro atoms. The van der Waals surface area contributed by atoms with Gasteiger partial charge in [-0.05, 0) is 51.7 Å². The first-order chi connectivity index (χ1) is 16.9. The summed E-state index contributed by atoms with van der Waals surface area (Å²) in [6.45, 7) is 3.79. The number of rotatable bonds is 6. The molecule has 1 N–H and O–H groups in total. The van der Waals surface area contributed by atoms with Crippen molar-refractivity contribution >= 4 is 29.0 Å². The Labute approximate surface area is 210 Å². The third-order valence-corrected chi connectivity index (χ3v) is 7.16. The molecule has 0 aliphatic carbocycles. The number of carbonyl (C=O) groups is 1. The second-order valence-electron chi connectivity index (χ2n) is 9.53. The van der Waals surface area contributed by atoms with Gasteiger partial charge in [-0.15, -0.1) is 0 Å². The minimum atomic E-state index is -0.175. The predicted molar refractivity (Wildman–Crippen MR) is 136 cm³/mol. The van der Waals surface area contributed by atoms with E-state index in [1.807, 2.05) is 47.7 Å². The number of nitrogens with one attached hydrogen (secondary N) is 1. The maximum atomic E-state index is 12.6. The average molecular weight is 499 g/mol. The third-order valence-electron chi connectivity index (χ3n) is 6.86. The minimum absolute atomic E-state index is 0.0992. The van der Waals surface area contributed by atoms with Crippen molar-refractivity contribution in [1.29, 1.82) is 0 Å². The van der Waals surface area contributed by atoms with Crippen LogP contribution in [-0.4, -0.2) is 58.8 Å². The van der Waals surface area contributed by atoms with Crippen molar-refractivity contribution in [2.75, 3.05) is 19.5 Å². The van der Waals surface area contributed by atoms with Gasteiger partial charge in [0.2, 0.25) is 0 Å². The van der Waals surface area contributed by atoms with Gasteiger partial charge in [0.15, 0.2) is 0 Å². The Hall–Kier alpha value is -3.13. The highest BCUT2D eigenvalue weighted by Crippen LogP contribution is 2.39. The number of pyridine rings is 1. The van der Waals surface area contributed by atoms with Crippen LogP contribution in [0.15, 0.2) is 36.7 Å². The molecule has 2 atom stereocenters. The maximum absolute atomic E-state index is 12.6. The number of methoxy groups -OCH3 is 2. The molecule has 2 aliphatic heterocycles. The van der Waals surface area contributed by atoms with Crippen LogP contribution >= 0.6 is 11.6 Å². The van der Waals surface area contributed by atoms with E-state index in [-0.39, 0.29) is 24.3 Å². The molecule has 4 heterocycles. The van der Waals surface area contributed by atoms with Gasteiger partial charge in [-0.3, -0.25) is 0 Å². The fourth-order valence-electron chi connectivity index (χ4n) is 5.35. The molecular formula is C26H31ClN4O4. The van der Waals surface area contributed by atoms with E-state index < -0.39 is 0 Å². The van der Waals surface area contributed by atoms with E-state index in [1.54, 1.807) is 20.3 Å². The number of piperidine rings is 1. The quantitative estimate of drug-likeness (QED) is 0.475. The minimum Gasteiger partial charge on any atom is -0.496 e. The van der Waals surface area contributed by atoms with Crippen molar-refractivity contribution < 1.29 is 19.0 Å². The first-order valence-corrected chi connectivity index (χ1v) is 12.4. The van der Waals surface area contributed by atoms with Gasteiger partial charge < -0.3 is 28.8 Å². The monoisotopic (exact) mass is 498 g/mol. The molecule has 1 aromatic carbocycles. The fraction of sp³-hybridized carbons (Fsp3) is 0.462. The van der Waals surface area contributed by atoms with Gasteiger partial charge in [0.25, 0.3) is 0 Å². The Morgan fingerprint density at radius 1 is 1.11 bits per heavy atom. The number of ether oxygens (including phenoxy) is 3. The lowest BCUT2D eigenvalue weighted by Crippen LogP contribution is -2.50. The summed E-state index contributed by atoms with van der Waals surface area (Å²) in [6, 6.07) is 8.44. The van der Waals surface area contributed by atoms with E-state index in [0.717, 1.165) is 48.3 Å². The predicted octanol–water partition coefficient (Wildman–Crippen LogP) is 5.62. The second kappa shape index (κ2) is 9.49. The largest absolute Gasteiger partial charge is 0.496 e. The number of amides is 1. The topological polar surface area (TPSA) is 77.3 Å². The Kier molecular flexibility index (Phi) is 6.40. The third kappa shape index (κ3) is 4.59. The van der Waals surface area contributed by atoms with Crippen LogP contribution in [0.25, 0.3) is 16.9 Å². The van der Waals surface area contributed by atoms with E-state index in [0.29, 0.717) is 22.6 Å². The van der Waals surface area contributed by atoms with Crippen molar-refractivity contribution in [2.45, 2.75) is 63.8 Å². The summed E-state index contributed by atoms with van der Waals surface area (Å²) in [4.78, 5) is 19.3. The molecule has 5 rings (SSSR count). The molecule has 3 aromatic rings. The molecule has 2 unspecified atom stereocenters. The van der Waals surface area contributed by atoms with Crippen LogP contribution < -0.4 is 14.8 Å². The fourth-order valence-corrected chi connectivity index (χ4v) is 5.59. The van der Waals surface area contributed by atoms with Crippen molar-refractivity contribution in [3.8, 4) is 22.8 Å². The molecule has 2 bridgehead atoms. The molecule has 186 valence electrons. The van der Waals surface area contributed by atoms with Crippen LogP contribution in [0.2, 0.25) is 5.02 Å². The molecule has 0 radical (unpaired) electrons. The van der Waals surface area contributed by atoms with E-state index in [9.17, 15) is 4.79 Å². The molecule has 9 heteroatoms. The summed E-state index contributed by atoms with van der Waals surface area (Å²) >= 11 is 6.37. The lowest BCUT2D eigenvalue weighted by Gasteiger charge is -2.39. The molecule has 2 aromatic heterocycles. The van der Waals surface area contributed by atoms with Gasteiger partial charge in [0, 0.05) is 53.9 Å². The highest BCUT2D eigenvalue weighted by atomic mass is 35.5. The molecule has 2 fully saturated rings. The van der Waals surface area contributed by atoms with E-state index >= 15 is 0 Å². The zero-order chi connectivity index (χ0) is 24.7. The number of fused-ring (bicyclic) bond motifs is 3. The number of benzene rings is 1. The highest BCUT2D eigenvalue weighted by Gasteiger charge is 2.44. The van der Waals surface area contributed by atoms with E-state index in [4.69, 9.17) is 30.8 Å². The van der Waals surface area contributed by atoms with Gasteiger partial charge >= 0.3 is 6.09 Å². The number of aromatic nitrogens is 2. The second-order valence-corrected chi connectivity index (χ2v) is 9.94. The maximum Gasteiger partial charge on any atom is 0.410 e. The number of nitrogens with zero attached hydrogens (tertiary/aromatic N) is 3. The lowest BCUT2D eigenvalue weighted by molar-refractivity contribution is 0.0483. The number of halogens is 1. The lowest BCUT2D eigenvalue weighted by atomic mass is 9.97. The Morgan fingerprint density at radius 2 is 1.83 bits per heavy atom. The Morgan fingerprint density at radius 3 is 2.49 bits per heavy atom. The molecule has 2 aliphatic rings. The van der Waals surface area contributed by atoms with E-state index in [2.05, 4.69) is 11.4 Å². The summed E-state index contributed by atoms with van der Waals surface area (Å²) < 4.78 is 18.3. The van der Waals surface area contributed by atoms with Gasteiger partial charge in [-0.25, -0.2) is 9.78 Å². The molecule has 8 nitrogen and oxygen atoms in total. The van der Waals surface area contributed by atoms with Crippen molar-refractivity contribution in [3.63, 3.8) is 0 Å². The highest BCUT2D eigenvalue weighted by molar-refractivity contribution is 6.32. The first kappa shape index (κ1) is 23.6. The van der Waals surface area contributed by atoms with Crippen LogP contribution in [0.3, 0.4) is 0 Å². The normalized spacial score (nSPS) is 21.4. The molecule has 0 saturated carbocycles. The number of imidazole rings is 1. The number of hydrogen-bond donors (Lipinski definition) is 1. The van der Waals surface area contributed by atoms with Gasteiger partial charge in [-0.2, -0.15) is 0 Å². The average Bonchev–Trinajstić information content (AvgIpc) is 3.36. The van der Waals surface area contributed by atoms with E-state index in [1.165, 1.54) is 0 Å². The number of anilines is 1. The Balaban J connectivity index is 1.33. The van der Waals surface area contributed by atoms with Crippen LogP contribution in [0, 0.1) is 0 Å². The summed E-state index contributed by atoms with van der Waals surface area (Å²) in [6.07, 6.45) is 7.57. The number of carbonyl (C=O) groups excluding carboxylic acids is 1. The van der Waals surface area contributed by atoms with Gasteiger partial charge in [0.05, 0.1) is 31.0 Å². The number of hydrogen-bond acceptors (Lipinski definition) is 6. The van der Waals surface area contributed by atoms with Crippen LogP contribution in [-0.2, 0) is 4.74 Å². The van der Waals surface area contributed by atoms with Crippen LogP contribution in [0.5, 0.6) is 11.5 Å². The van der Waals surface area contributed by atoms with Crippen molar-refractivity contribution in [3.05, 3.63) is 41.7 Å².